The van der Waals surface area contributed by atoms with Crippen LogP contribution in [0.5, 0.6) is 0 Å². The largest absolute Gasteiger partial charge is 0.480 e. The average molecular weight is 566 g/mol. The van der Waals surface area contributed by atoms with Crippen LogP contribution in [0.1, 0.15) is 51.5 Å². The van der Waals surface area contributed by atoms with Gasteiger partial charge >= 0.3 is 5.97 Å². The fraction of sp³-hybridized carbons (Fsp3) is 0.593. The van der Waals surface area contributed by atoms with Gasteiger partial charge in [0.15, 0.2) is 0 Å². The highest BCUT2D eigenvalue weighted by atomic mass is 32.2. The molecule has 0 radical (unpaired) electrons. The third kappa shape index (κ3) is 13.5. The number of thioether (sulfide) groups is 1. The molecule has 1 rings (SSSR count). The van der Waals surface area contributed by atoms with E-state index in [0.717, 1.165) is 5.56 Å². The van der Waals surface area contributed by atoms with Crippen molar-refractivity contribution in [3.05, 3.63) is 35.9 Å². The summed E-state index contributed by atoms with van der Waals surface area (Å²) >= 11 is 1.53. The van der Waals surface area contributed by atoms with Crippen LogP contribution in [0, 0.1) is 5.92 Å². The monoisotopic (exact) mass is 565 g/mol. The van der Waals surface area contributed by atoms with Crippen LogP contribution in [0.3, 0.4) is 0 Å². The van der Waals surface area contributed by atoms with E-state index in [2.05, 4.69) is 21.3 Å². The van der Waals surface area contributed by atoms with Crippen molar-refractivity contribution in [2.75, 3.05) is 18.6 Å². The number of carboxylic acids is 1. The molecule has 0 saturated heterocycles. The van der Waals surface area contributed by atoms with Crippen LogP contribution in [0.2, 0.25) is 0 Å². The first kappa shape index (κ1) is 33.9. The van der Waals surface area contributed by atoms with Crippen molar-refractivity contribution in [2.24, 2.45) is 11.7 Å². The van der Waals surface area contributed by atoms with E-state index in [1.807, 2.05) is 26.2 Å². The molecule has 0 aliphatic rings. The lowest BCUT2D eigenvalue weighted by Crippen LogP contribution is -2.57. The van der Waals surface area contributed by atoms with E-state index >= 15 is 0 Å². The van der Waals surface area contributed by atoms with Crippen LogP contribution in [0.4, 0.5) is 0 Å². The maximum absolute atomic E-state index is 13.3. The Balaban J connectivity index is 3.04. The molecular formula is C27H43N5O6S. The number of unbranched alkanes of at least 4 members (excludes halogenated alkanes) is 1. The Bertz CT molecular complexity index is 917. The SMILES string of the molecule is CSCC[C@H](NC=O)C(=O)N[C@@H](CC(C)C)C(=O)N[C@@H](CCCCN)C(=O)N[C@@H](Cc1ccccc1)C(=O)O. The number of amides is 4. The number of carbonyl (C=O) groups excluding carboxylic acids is 4. The zero-order chi connectivity index (χ0) is 29.2. The van der Waals surface area contributed by atoms with Gasteiger partial charge in [-0.2, -0.15) is 11.8 Å². The van der Waals surface area contributed by atoms with E-state index in [4.69, 9.17) is 5.73 Å². The molecule has 0 heterocycles. The Labute approximate surface area is 234 Å². The molecule has 0 fully saturated rings. The normalized spacial score (nSPS) is 14.0. The Morgan fingerprint density at radius 3 is 2.05 bits per heavy atom. The molecule has 0 unspecified atom stereocenters. The lowest BCUT2D eigenvalue weighted by Gasteiger charge is -2.26. The summed E-state index contributed by atoms with van der Waals surface area (Å²) in [5.41, 5.74) is 6.34. The Morgan fingerprint density at radius 2 is 1.49 bits per heavy atom. The number of hydrogen-bond donors (Lipinski definition) is 6. The lowest BCUT2D eigenvalue weighted by molar-refractivity contribution is -0.142. The standard InChI is InChI=1S/C27H43N5O6S/c1-18(2)15-22(31-24(34)20(29-17-33)12-14-39-3)26(36)30-21(11-7-8-13-28)25(35)32-23(27(37)38)16-19-9-5-4-6-10-19/h4-6,9-10,17-18,20-23H,7-8,11-16,28H2,1-3H3,(H,29,33)(H,30,36)(H,31,34)(H,32,35)(H,37,38)/t20-,21-,22-,23-/m0/s1. The zero-order valence-corrected chi connectivity index (χ0v) is 23.8. The summed E-state index contributed by atoms with van der Waals surface area (Å²) < 4.78 is 0. The number of aliphatic carboxylic acids is 1. The number of nitrogens with two attached hydrogens (primary N) is 1. The highest BCUT2D eigenvalue weighted by molar-refractivity contribution is 7.98. The molecule has 11 nitrogen and oxygen atoms in total. The molecule has 0 aromatic heterocycles. The highest BCUT2D eigenvalue weighted by Gasteiger charge is 2.31. The van der Waals surface area contributed by atoms with E-state index < -0.39 is 47.9 Å². The van der Waals surface area contributed by atoms with Crippen LogP contribution in [0.25, 0.3) is 0 Å². The molecule has 0 saturated carbocycles. The minimum Gasteiger partial charge on any atom is -0.480 e. The summed E-state index contributed by atoms with van der Waals surface area (Å²) in [4.78, 5) is 62.3. The van der Waals surface area contributed by atoms with Crippen LogP contribution in [0.15, 0.2) is 30.3 Å². The summed E-state index contributed by atoms with van der Waals surface area (Å²) in [5.74, 6) is -2.19. The molecule has 7 N–H and O–H groups in total. The fourth-order valence-corrected chi connectivity index (χ4v) is 4.41. The predicted octanol–water partition coefficient (Wildman–Crippen LogP) is 0.811. The first-order chi connectivity index (χ1) is 18.6. The number of carboxylic acid groups (broad SMARTS) is 1. The summed E-state index contributed by atoms with van der Waals surface area (Å²) in [7, 11) is 0. The van der Waals surface area contributed by atoms with Crippen molar-refractivity contribution in [2.45, 2.75) is 76.5 Å². The second-order valence-corrected chi connectivity index (χ2v) is 10.7. The topological polar surface area (TPSA) is 180 Å². The smallest absolute Gasteiger partial charge is 0.326 e. The second-order valence-electron chi connectivity index (χ2n) is 9.74. The van der Waals surface area contributed by atoms with Gasteiger partial charge in [0, 0.05) is 6.42 Å². The molecule has 0 spiro atoms. The van der Waals surface area contributed by atoms with E-state index in [-0.39, 0.29) is 18.8 Å². The van der Waals surface area contributed by atoms with Gasteiger partial charge in [0.2, 0.25) is 24.1 Å². The van der Waals surface area contributed by atoms with Crippen molar-refractivity contribution >= 4 is 41.9 Å². The van der Waals surface area contributed by atoms with Gasteiger partial charge in [-0.3, -0.25) is 19.2 Å². The van der Waals surface area contributed by atoms with E-state index in [0.29, 0.717) is 44.4 Å². The Kier molecular flexibility index (Phi) is 16.5. The van der Waals surface area contributed by atoms with Crippen LogP contribution < -0.4 is 27.0 Å². The van der Waals surface area contributed by atoms with Gasteiger partial charge in [-0.25, -0.2) is 4.79 Å². The van der Waals surface area contributed by atoms with Gasteiger partial charge in [0.1, 0.15) is 24.2 Å². The molecular weight excluding hydrogens is 522 g/mol. The van der Waals surface area contributed by atoms with Gasteiger partial charge < -0.3 is 32.1 Å². The molecule has 1 aromatic rings. The molecule has 4 atom stereocenters. The molecule has 1 aromatic carbocycles. The quantitative estimate of drug-likeness (QED) is 0.0992. The van der Waals surface area contributed by atoms with Gasteiger partial charge in [-0.15, -0.1) is 0 Å². The van der Waals surface area contributed by atoms with Crippen LogP contribution >= 0.6 is 11.8 Å². The van der Waals surface area contributed by atoms with Crippen LogP contribution in [-0.2, 0) is 30.4 Å². The van der Waals surface area contributed by atoms with Gasteiger partial charge in [0.05, 0.1) is 0 Å². The third-order valence-electron chi connectivity index (χ3n) is 6.01. The number of carbonyl (C=O) groups is 5. The zero-order valence-electron chi connectivity index (χ0n) is 23.0. The molecule has 0 aliphatic heterocycles. The predicted molar refractivity (Wildman–Crippen MR) is 152 cm³/mol. The maximum Gasteiger partial charge on any atom is 0.326 e. The second kappa shape index (κ2) is 19.0. The fourth-order valence-electron chi connectivity index (χ4n) is 3.94. The minimum atomic E-state index is -1.19. The van der Waals surface area contributed by atoms with Crippen molar-refractivity contribution in [1.82, 2.24) is 21.3 Å². The molecule has 4 amide bonds. The van der Waals surface area contributed by atoms with E-state index in [1.165, 1.54) is 11.8 Å². The molecule has 0 aliphatic carbocycles. The van der Waals surface area contributed by atoms with Gasteiger partial charge in [-0.05, 0) is 62.1 Å². The number of benzene rings is 1. The minimum absolute atomic E-state index is 0.0384. The number of hydrogen-bond acceptors (Lipinski definition) is 7. The molecule has 218 valence electrons. The van der Waals surface area contributed by atoms with E-state index in [1.54, 1.807) is 24.3 Å². The summed E-state index contributed by atoms with van der Waals surface area (Å²) in [6, 6.07) is 4.97. The first-order valence-corrected chi connectivity index (χ1v) is 14.6. The lowest BCUT2D eigenvalue weighted by atomic mass is 10.0. The van der Waals surface area contributed by atoms with Crippen LogP contribution in [-0.4, -0.2) is 77.9 Å². The van der Waals surface area contributed by atoms with Gasteiger partial charge in [-0.1, -0.05) is 44.2 Å². The summed E-state index contributed by atoms with van der Waals surface area (Å²) in [6.07, 6.45) is 4.51. The first-order valence-electron chi connectivity index (χ1n) is 13.2. The van der Waals surface area contributed by atoms with E-state index in [9.17, 15) is 29.1 Å². The highest BCUT2D eigenvalue weighted by Crippen LogP contribution is 2.10. The number of nitrogens with one attached hydrogen (secondary N) is 4. The Morgan fingerprint density at radius 1 is 0.897 bits per heavy atom. The van der Waals surface area contributed by atoms with Crippen molar-refractivity contribution < 1.29 is 29.1 Å². The molecule has 0 bridgehead atoms. The van der Waals surface area contributed by atoms with Gasteiger partial charge in [0.25, 0.3) is 0 Å². The molecule has 39 heavy (non-hydrogen) atoms. The Hall–Kier alpha value is -3.12. The van der Waals surface area contributed by atoms with Crippen molar-refractivity contribution in [1.29, 1.82) is 0 Å². The number of rotatable bonds is 20. The summed E-state index contributed by atoms with van der Waals surface area (Å²) in [5, 5.41) is 20.2. The van der Waals surface area contributed by atoms with Crippen molar-refractivity contribution in [3.8, 4) is 0 Å². The van der Waals surface area contributed by atoms with Crippen molar-refractivity contribution in [3.63, 3.8) is 0 Å². The summed E-state index contributed by atoms with van der Waals surface area (Å²) in [6.45, 7) is 4.20. The third-order valence-corrected chi connectivity index (χ3v) is 6.66. The average Bonchev–Trinajstić information content (AvgIpc) is 2.89. The maximum atomic E-state index is 13.3. The molecule has 12 heteroatoms.